The Morgan fingerprint density at radius 1 is 1.21 bits per heavy atom. The van der Waals surface area contributed by atoms with E-state index in [9.17, 15) is 0 Å². The van der Waals surface area contributed by atoms with Gasteiger partial charge in [-0.05, 0) is 12.8 Å². The van der Waals surface area contributed by atoms with Gasteiger partial charge < -0.3 is 15.4 Å². The van der Waals surface area contributed by atoms with E-state index >= 15 is 0 Å². The molecule has 29 heavy (non-hydrogen) atoms. The van der Waals surface area contributed by atoms with Gasteiger partial charge in [0.05, 0.1) is 25.5 Å². The SMILES string of the molecule is CCNC(=NCc1nc(-c2ccccc2)cs1)NCC(C(C)C)N1CCOCC1. The lowest BCUT2D eigenvalue weighted by molar-refractivity contribution is 0.00752. The maximum atomic E-state index is 5.51. The molecule has 2 aromatic rings. The molecule has 0 amide bonds. The Labute approximate surface area is 178 Å². The van der Waals surface area contributed by atoms with Gasteiger partial charge in [-0.3, -0.25) is 4.90 Å². The third kappa shape index (κ3) is 6.52. The third-order valence-corrected chi connectivity index (χ3v) is 5.93. The van der Waals surface area contributed by atoms with E-state index in [4.69, 9.17) is 14.7 Å². The summed E-state index contributed by atoms with van der Waals surface area (Å²) in [5, 5.41) is 10.0. The van der Waals surface area contributed by atoms with Crippen LogP contribution in [0.25, 0.3) is 11.3 Å². The van der Waals surface area contributed by atoms with Crippen LogP contribution in [-0.4, -0.2) is 61.3 Å². The van der Waals surface area contributed by atoms with E-state index in [0.717, 1.165) is 61.6 Å². The summed E-state index contributed by atoms with van der Waals surface area (Å²) >= 11 is 1.66. The molecule has 1 aliphatic heterocycles. The average molecular weight is 416 g/mol. The van der Waals surface area contributed by atoms with Crippen LogP contribution in [0.2, 0.25) is 0 Å². The van der Waals surface area contributed by atoms with E-state index in [0.29, 0.717) is 18.5 Å². The predicted molar refractivity (Wildman–Crippen MR) is 121 cm³/mol. The van der Waals surface area contributed by atoms with Crippen LogP contribution in [-0.2, 0) is 11.3 Å². The Hall–Kier alpha value is -1.96. The fourth-order valence-electron chi connectivity index (χ4n) is 3.51. The van der Waals surface area contributed by atoms with Crippen molar-refractivity contribution in [1.29, 1.82) is 0 Å². The molecule has 2 N–H and O–H groups in total. The second-order valence-electron chi connectivity index (χ2n) is 7.53. The number of rotatable bonds is 8. The summed E-state index contributed by atoms with van der Waals surface area (Å²) in [7, 11) is 0. The van der Waals surface area contributed by atoms with Gasteiger partial charge >= 0.3 is 0 Å². The number of guanidine groups is 1. The summed E-state index contributed by atoms with van der Waals surface area (Å²) in [6.45, 7) is 12.6. The Morgan fingerprint density at radius 2 is 1.97 bits per heavy atom. The van der Waals surface area contributed by atoms with Crippen molar-refractivity contribution in [3.05, 3.63) is 40.7 Å². The zero-order chi connectivity index (χ0) is 20.5. The summed E-state index contributed by atoms with van der Waals surface area (Å²) < 4.78 is 5.51. The predicted octanol–water partition coefficient (Wildman–Crippen LogP) is 3.22. The summed E-state index contributed by atoms with van der Waals surface area (Å²) in [6, 6.07) is 10.7. The van der Waals surface area contributed by atoms with Crippen molar-refractivity contribution >= 4 is 17.3 Å². The number of morpholine rings is 1. The van der Waals surface area contributed by atoms with E-state index in [1.807, 2.05) is 18.2 Å². The first-order valence-corrected chi connectivity index (χ1v) is 11.4. The van der Waals surface area contributed by atoms with Gasteiger partial charge in [-0.2, -0.15) is 0 Å². The van der Waals surface area contributed by atoms with Crippen molar-refractivity contribution in [3.63, 3.8) is 0 Å². The van der Waals surface area contributed by atoms with Crippen LogP contribution < -0.4 is 10.6 Å². The minimum absolute atomic E-state index is 0.465. The maximum Gasteiger partial charge on any atom is 0.191 e. The summed E-state index contributed by atoms with van der Waals surface area (Å²) in [5.41, 5.74) is 2.17. The number of aliphatic imine (C=N–C) groups is 1. The van der Waals surface area contributed by atoms with E-state index in [2.05, 4.69) is 53.8 Å². The van der Waals surface area contributed by atoms with E-state index in [1.54, 1.807) is 11.3 Å². The Balaban J connectivity index is 1.60. The number of aromatic nitrogens is 1. The fraction of sp³-hybridized carbons (Fsp3) is 0.545. The lowest BCUT2D eigenvalue weighted by Gasteiger charge is -2.37. The molecule has 1 fully saturated rings. The number of hydrogen-bond acceptors (Lipinski definition) is 5. The molecule has 1 aliphatic rings. The first-order chi connectivity index (χ1) is 14.2. The molecule has 1 unspecified atom stereocenters. The Morgan fingerprint density at radius 3 is 2.66 bits per heavy atom. The monoisotopic (exact) mass is 415 g/mol. The molecule has 158 valence electrons. The fourth-order valence-corrected chi connectivity index (χ4v) is 4.24. The van der Waals surface area contributed by atoms with Gasteiger partial charge in [0.2, 0.25) is 0 Å². The average Bonchev–Trinajstić information content (AvgIpc) is 3.22. The third-order valence-electron chi connectivity index (χ3n) is 5.10. The number of benzene rings is 1. The lowest BCUT2D eigenvalue weighted by Crippen LogP contribution is -2.52. The number of nitrogens with one attached hydrogen (secondary N) is 2. The lowest BCUT2D eigenvalue weighted by atomic mass is 10.0. The van der Waals surface area contributed by atoms with Gasteiger partial charge in [-0.1, -0.05) is 44.2 Å². The highest BCUT2D eigenvalue weighted by Gasteiger charge is 2.23. The molecule has 6 nitrogen and oxygen atoms in total. The highest BCUT2D eigenvalue weighted by Crippen LogP contribution is 2.21. The van der Waals surface area contributed by atoms with Crippen molar-refractivity contribution in [2.24, 2.45) is 10.9 Å². The van der Waals surface area contributed by atoms with Gasteiger partial charge in [0.1, 0.15) is 5.01 Å². The number of thiazole rings is 1. The van der Waals surface area contributed by atoms with Crippen LogP contribution in [0.3, 0.4) is 0 Å². The maximum absolute atomic E-state index is 5.51. The Bertz CT molecular complexity index is 756. The molecule has 3 rings (SSSR count). The number of nitrogens with zero attached hydrogens (tertiary/aromatic N) is 3. The molecule has 0 radical (unpaired) electrons. The van der Waals surface area contributed by atoms with Crippen LogP contribution in [0.5, 0.6) is 0 Å². The van der Waals surface area contributed by atoms with Crippen molar-refractivity contribution in [2.75, 3.05) is 39.4 Å². The van der Waals surface area contributed by atoms with Gasteiger partial charge in [-0.25, -0.2) is 9.98 Å². The van der Waals surface area contributed by atoms with Crippen molar-refractivity contribution in [2.45, 2.75) is 33.4 Å². The quantitative estimate of drug-likeness (QED) is 0.512. The smallest absolute Gasteiger partial charge is 0.191 e. The van der Waals surface area contributed by atoms with Crippen molar-refractivity contribution < 1.29 is 4.74 Å². The topological polar surface area (TPSA) is 61.8 Å². The van der Waals surface area contributed by atoms with E-state index < -0.39 is 0 Å². The normalized spacial score (nSPS) is 16.8. The minimum atomic E-state index is 0.465. The Kier molecular flexibility index (Phi) is 8.46. The summed E-state index contributed by atoms with van der Waals surface area (Å²) in [4.78, 5) is 12.0. The van der Waals surface area contributed by atoms with Crippen LogP contribution in [0.15, 0.2) is 40.7 Å². The largest absolute Gasteiger partial charge is 0.379 e. The minimum Gasteiger partial charge on any atom is -0.379 e. The van der Waals surface area contributed by atoms with Crippen LogP contribution in [0, 0.1) is 5.92 Å². The molecule has 1 aromatic heterocycles. The first kappa shape index (κ1) is 21.7. The van der Waals surface area contributed by atoms with Crippen LogP contribution in [0.1, 0.15) is 25.8 Å². The van der Waals surface area contributed by atoms with E-state index in [1.165, 1.54) is 0 Å². The van der Waals surface area contributed by atoms with Crippen LogP contribution >= 0.6 is 11.3 Å². The van der Waals surface area contributed by atoms with Gasteiger partial charge in [-0.15, -0.1) is 11.3 Å². The molecule has 1 aromatic carbocycles. The molecule has 0 aliphatic carbocycles. The molecule has 0 spiro atoms. The zero-order valence-electron chi connectivity index (χ0n) is 17.7. The summed E-state index contributed by atoms with van der Waals surface area (Å²) in [6.07, 6.45) is 0. The van der Waals surface area contributed by atoms with E-state index in [-0.39, 0.29) is 0 Å². The standard InChI is InChI=1S/C22H33N5OS/c1-4-23-22(24-14-20(17(2)3)27-10-12-28-13-11-27)25-15-21-26-19(16-29-21)18-8-6-5-7-9-18/h5-9,16-17,20H,4,10-15H2,1-3H3,(H2,23,24,25). The zero-order valence-corrected chi connectivity index (χ0v) is 18.5. The molecular formula is C22H33N5OS. The van der Waals surface area contributed by atoms with Gasteiger partial charge in [0.25, 0.3) is 0 Å². The molecular weight excluding hydrogens is 382 g/mol. The molecule has 7 heteroatoms. The van der Waals surface area contributed by atoms with Crippen molar-refractivity contribution in [3.8, 4) is 11.3 Å². The van der Waals surface area contributed by atoms with Gasteiger partial charge in [0.15, 0.2) is 5.96 Å². The number of hydrogen-bond donors (Lipinski definition) is 2. The first-order valence-electron chi connectivity index (χ1n) is 10.5. The molecule has 0 bridgehead atoms. The molecule has 0 saturated carbocycles. The highest BCUT2D eigenvalue weighted by molar-refractivity contribution is 7.09. The highest BCUT2D eigenvalue weighted by atomic mass is 32.1. The second-order valence-corrected chi connectivity index (χ2v) is 8.47. The molecule has 2 heterocycles. The van der Waals surface area contributed by atoms with Crippen LogP contribution in [0.4, 0.5) is 0 Å². The molecule has 1 atom stereocenters. The second kappa shape index (κ2) is 11.3. The summed E-state index contributed by atoms with van der Waals surface area (Å²) in [5.74, 6) is 1.42. The molecule has 1 saturated heterocycles. The van der Waals surface area contributed by atoms with Crippen molar-refractivity contribution in [1.82, 2.24) is 20.5 Å². The van der Waals surface area contributed by atoms with Gasteiger partial charge in [0, 0.05) is 43.2 Å². The number of ether oxygens (including phenoxy) is 1.